The quantitative estimate of drug-likeness (QED) is 0.755. The minimum absolute atomic E-state index is 0.210. The van der Waals surface area contributed by atoms with Crippen LogP contribution in [0.1, 0.15) is 12.5 Å². The Morgan fingerprint density at radius 3 is 2.37 bits per heavy atom. The molecule has 3 N–H and O–H groups in total. The summed E-state index contributed by atoms with van der Waals surface area (Å²) in [5.41, 5.74) is 6.44. The van der Waals surface area contributed by atoms with Crippen LogP contribution in [0.4, 0.5) is 0 Å². The second kappa shape index (κ2) is 7.14. The predicted molar refractivity (Wildman–Crippen MR) is 77.9 cm³/mol. The lowest BCUT2D eigenvalue weighted by Crippen LogP contribution is -2.36. The maximum absolute atomic E-state index is 12.1. The van der Waals surface area contributed by atoms with Crippen LogP contribution in [-0.4, -0.2) is 37.2 Å². The molecule has 108 valence electrons. The third kappa shape index (κ3) is 5.40. The Hall–Kier alpha value is -0.760. The highest BCUT2D eigenvalue weighted by molar-refractivity contribution is 7.89. The van der Waals surface area contributed by atoms with E-state index in [0.717, 1.165) is 12.0 Å². The highest BCUT2D eigenvalue weighted by Gasteiger charge is 2.17. The van der Waals surface area contributed by atoms with E-state index in [1.807, 2.05) is 0 Å². The summed E-state index contributed by atoms with van der Waals surface area (Å²) < 4.78 is 37.7. The van der Waals surface area contributed by atoms with Crippen molar-refractivity contribution >= 4 is 20.8 Å². The lowest BCUT2D eigenvalue weighted by molar-refractivity contribution is 0.570. The zero-order valence-corrected chi connectivity index (χ0v) is 12.8. The van der Waals surface area contributed by atoms with Crippen molar-refractivity contribution in [2.75, 3.05) is 18.6 Å². The lowest BCUT2D eigenvalue weighted by Gasteiger charge is -2.13. The van der Waals surface area contributed by atoms with Gasteiger partial charge in [-0.3, -0.25) is 4.21 Å². The predicted octanol–water partition coefficient (Wildman–Crippen LogP) is 0.233. The van der Waals surface area contributed by atoms with E-state index in [4.69, 9.17) is 5.73 Å². The van der Waals surface area contributed by atoms with Gasteiger partial charge in [-0.2, -0.15) is 0 Å². The van der Waals surface area contributed by atoms with Crippen LogP contribution in [0.2, 0.25) is 0 Å². The standard InChI is InChI=1S/C12H20N2O3S2/c1-10(9-18(2)15)14-19(16,17)12-5-3-11(4-6-12)7-8-13/h3-6,10,14H,7-9,13H2,1-2H3. The van der Waals surface area contributed by atoms with Crippen molar-refractivity contribution in [1.29, 1.82) is 0 Å². The maximum Gasteiger partial charge on any atom is 0.240 e. The molecule has 1 rings (SSSR count). The molecule has 0 aliphatic carbocycles. The molecule has 2 unspecified atom stereocenters. The second-order valence-corrected chi connectivity index (χ2v) is 7.64. The van der Waals surface area contributed by atoms with Gasteiger partial charge in [0.15, 0.2) is 0 Å². The Morgan fingerprint density at radius 2 is 1.89 bits per heavy atom. The summed E-state index contributed by atoms with van der Waals surface area (Å²) >= 11 is 0. The van der Waals surface area contributed by atoms with Crippen LogP contribution in [-0.2, 0) is 27.2 Å². The fraction of sp³-hybridized carbons (Fsp3) is 0.500. The summed E-state index contributed by atoms with van der Waals surface area (Å²) in [5.74, 6) is 0.296. The van der Waals surface area contributed by atoms with E-state index in [-0.39, 0.29) is 10.9 Å². The molecule has 0 amide bonds. The van der Waals surface area contributed by atoms with Gasteiger partial charge in [0.2, 0.25) is 10.0 Å². The van der Waals surface area contributed by atoms with Crippen molar-refractivity contribution in [3.63, 3.8) is 0 Å². The number of rotatable bonds is 7. The van der Waals surface area contributed by atoms with Gasteiger partial charge < -0.3 is 5.73 Å². The van der Waals surface area contributed by atoms with Crippen LogP contribution in [0.3, 0.4) is 0 Å². The molecule has 5 nitrogen and oxygen atoms in total. The maximum atomic E-state index is 12.1. The zero-order chi connectivity index (χ0) is 14.5. The van der Waals surface area contributed by atoms with E-state index >= 15 is 0 Å². The number of nitrogens with one attached hydrogen (secondary N) is 1. The van der Waals surface area contributed by atoms with E-state index in [1.165, 1.54) is 0 Å². The van der Waals surface area contributed by atoms with Gasteiger partial charge in [-0.1, -0.05) is 12.1 Å². The monoisotopic (exact) mass is 304 g/mol. The van der Waals surface area contributed by atoms with E-state index in [1.54, 1.807) is 37.4 Å². The Kier molecular flexibility index (Phi) is 6.12. The van der Waals surface area contributed by atoms with Crippen molar-refractivity contribution in [3.05, 3.63) is 29.8 Å². The van der Waals surface area contributed by atoms with E-state index in [2.05, 4.69) is 4.72 Å². The van der Waals surface area contributed by atoms with Crippen LogP contribution < -0.4 is 10.5 Å². The highest BCUT2D eigenvalue weighted by atomic mass is 32.2. The SMILES string of the molecule is CC(CS(C)=O)NS(=O)(=O)c1ccc(CCN)cc1. The molecule has 7 heteroatoms. The van der Waals surface area contributed by atoms with Gasteiger partial charge in [0, 0.05) is 28.9 Å². The molecular formula is C12H20N2O3S2. The first-order chi connectivity index (χ1) is 8.85. The van der Waals surface area contributed by atoms with Crippen LogP contribution in [0.15, 0.2) is 29.2 Å². The van der Waals surface area contributed by atoms with Crippen molar-refractivity contribution in [2.45, 2.75) is 24.3 Å². The van der Waals surface area contributed by atoms with E-state index in [9.17, 15) is 12.6 Å². The van der Waals surface area contributed by atoms with Gasteiger partial charge in [-0.05, 0) is 37.6 Å². The summed E-state index contributed by atoms with van der Waals surface area (Å²) in [5, 5.41) is 0. The first kappa shape index (κ1) is 16.3. The topological polar surface area (TPSA) is 89.3 Å². The summed E-state index contributed by atoms with van der Waals surface area (Å²) in [4.78, 5) is 0.210. The van der Waals surface area contributed by atoms with Crippen molar-refractivity contribution in [1.82, 2.24) is 4.72 Å². The fourth-order valence-corrected chi connectivity index (χ4v) is 3.86. The molecule has 0 aliphatic heterocycles. The average molecular weight is 304 g/mol. The number of benzene rings is 1. The Morgan fingerprint density at radius 1 is 1.32 bits per heavy atom. The molecule has 0 spiro atoms. The summed E-state index contributed by atoms with van der Waals surface area (Å²) in [6, 6.07) is 6.26. The summed E-state index contributed by atoms with van der Waals surface area (Å²) in [7, 11) is -4.59. The molecule has 0 bridgehead atoms. The van der Waals surface area contributed by atoms with Gasteiger partial charge in [0.25, 0.3) is 0 Å². The van der Waals surface area contributed by atoms with Gasteiger partial charge in [-0.25, -0.2) is 13.1 Å². The molecule has 0 aromatic heterocycles. The van der Waals surface area contributed by atoms with Crippen molar-refractivity contribution < 1.29 is 12.6 Å². The molecule has 1 aromatic carbocycles. The van der Waals surface area contributed by atoms with Gasteiger partial charge in [0.1, 0.15) is 0 Å². The van der Waals surface area contributed by atoms with Crippen LogP contribution in [0.5, 0.6) is 0 Å². The van der Waals surface area contributed by atoms with Crippen LogP contribution in [0, 0.1) is 0 Å². The lowest BCUT2D eigenvalue weighted by atomic mass is 10.2. The molecule has 0 aliphatic rings. The Bertz CT molecular complexity index is 526. The third-order valence-electron chi connectivity index (χ3n) is 2.51. The molecular weight excluding hydrogens is 284 g/mol. The van der Waals surface area contributed by atoms with Crippen molar-refractivity contribution in [3.8, 4) is 0 Å². The van der Waals surface area contributed by atoms with Crippen LogP contribution in [0.25, 0.3) is 0 Å². The molecule has 0 saturated heterocycles. The molecule has 0 fully saturated rings. The molecule has 2 atom stereocenters. The minimum atomic E-state index is -3.55. The van der Waals surface area contributed by atoms with E-state index < -0.39 is 20.8 Å². The Labute approximate surface area is 117 Å². The molecule has 19 heavy (non-hydrogen) atoms. The molecule has 0 saturated carbocycles. The van der Waals surface area contributed by atoms with Crippen LogP contribution >= 0.6 is 0 Å². The number of sulfonamides is 1. The fourth-order valence-electron chi connectivity index (χ4n) is 1.72. The highest BCUT2D eigenvalue weighted by Crippen LogP contribution is 2.11. The van der Waals surface area contributed by atoms with Gasteiger partial charge in [0.05, 0.1) is 4.90 Å². The Balaban J connectivity index is 2.79. The molecule has 0 heterocycles. The molecule has 0 radical (unpaired) electrons. The molecule has 1 aromatic rings. The number of nitrogens with two attached hydrogens (primary N) is 1. The second-order valence-electron chi connectivity index (χ2n) is 4.44. The first-order valence-corrected chi connectivity index (χ1v) is 9.17. The summed E-state index contributed by atoms with van der Waals surface area (Å²) in [6.45, 7) is 2.23. The number of hydrogen-bond acceptors (Lipinski definition) is 4. The number of hydrogen-bond donors (Lipinski definition) is 2. The normalized spacial score (nSPS) is 15.1. The van der Waals surface area contributed by atoms with E-state index in [0.29, 0.717) is 12.3 Å². The first-order valence-electron chi connectivity index (χ1n) is 5.96. The smallest absolute Gasteiger partial charge is 0.240 e. The van der Waals surface area contributed by atoms with Gasteiger partial charge >= 0.3 is 0 Å². The third-order valence-corrected chi connectivity index (χ3v) is 5.08. The summed E-state index contributed by atoms with van der Waals surface area (Å²) in [6.07, 6.45) is 2.27. The van der Waals surface area contributed by atoms with Gasteiger partial charge in [-0.15, -0.1) is 0 Å². The van der Waals surface area contributed by atoms with Crippen molar-refractivity contribution in [2.24, 2.45) is 5.73 Å². The average Bonchev–Trinajstić information content (AvgIpc) is 2.28. The minimum Gasteiger partial charge on any atom is -0.330 e. The zero-order valence-electron chi connectivity index (χ0n) is 11.1. The largest absolute Gasteiger partial charge is 0.330 e.